The standard InChI is InChI=1S/C12H12BrN3O/c13-9-1-2-11-10(7-17)15-12(16(11)6-9)8-3-4-14-5-8/h1-2,6-8,14H,3-5H2. The third kappa shape index (κ3) is 1.79. The van der Waals surface area contributed by atoms with E-state index in [1.807, 2.05) is 22.7 Å². The van der Waals surface area contributed by atoms with Gasteiger partial charge in [-0.3, -0.25) is 4.79 Å². The number of carbonyl (C=O) groups excluding carboxylic acids is 1. The number of hydrogen-bond donors (Lipinski definition) is 1. The van der Waals surface area contributed by atoms with Crippen LogP contribution in [0.15, 0.2) is 22.8 Å². The number of rotatable bonds is 2. The average Bonchev–Trinajstić information content (AvgIpc) is 2.94. The molecule has 3 rings (SSSR count). The van der Waals surface area contributed by atoms with Gasteiger partial charge in [-0.2, -0.15) is 0 Å². The maximum absolute atomic E-state index is 11.0. The van der Waals surface area contributed by atoms with Crippen molar-refractivity contribution in [1.82, 2.24) is 14.7 Å². The first-order chi connectivity index (χ1) is 8.29. The van der Waals surface area contributed by atoms with E-state index in [0.29, 0.717) is 11.6 Å². The normalized spacial score (nSPS) is 19.9. The molecule has 2 aromatic rings. The van der Waals surface area contributed by atoms with E-state index in [-0.39, 0.29) is 0 Å². The molecule has 0 spiro atoms. The number of aromatic nitrogens is 2. The quantitative estimate of drug-likeness (QED) is 0.862. The molecular formula is C12H12BrN3O. The monoisotopic (exact) mass is 293 g/mol. The van der Waals surface area contributed by atoms with Crippen molar-refractivity contribution in [2.24, 2.45) is 0 Å². The Labute approximate surface area is 107 Å². The van der Waals surface area contributed by atoms with Crippen molar-refractivity contribution in [1.29, 1.82) is 0 Å². The lowest BCUT2D eigenvalue weighted by molar-refractivity contribution is 0.112. The van der Waals surface area contributed by atoms with Crippen molar-refractivity contribution in [3.05, 3.63) is 34.3 Å². The summed E-state index contributed by atoms with van der Waals surface area (Å²) in [7, 11) is 0. The molecule has 1 aliphatic rings. The molecule has 1 aliphatic heterocycles. The maximum atomic E-state index is 11.0. The van der Waals surface area contributed by atoms with Crippen molar-refractivity contribution in [3.8, 4) is 0 Å². The Bertz CT molecular complexity index is 572. The molecule has 17 heavy (non-hydrogen) atoms. The van der Waals surface area contributed by atoms with Crippen LogP contribution in [0.4, 0.5) is 0 Å². The Morgan fingerprint density at radius 2 is 2.41 bits per heavy atom. The largest absolute Gasteiger partial charge is 0.316 e. The number of carbonyl (C=O) groups is 1. The van der Waals surface area contributed by atoms with Crippen LogP contribution in [0.2, 0.25) is 0 Å². The smallest absolute Gasteiger partial charge is 0.170 e. The fraction of sp³-hybridized carbons (Fsp3) is 0.333. The molecule has 88 valence electrons. The van der Waals surface area contributed by atoms with E-state index in [1.54, 1.807) is 0 Å². The summed E-state index contributed by atoms with van der Waals surface area (Å²) in [5.74, 6) is 1.37. The molecule has 1 N–H and O–H groups in total. The minimum absolute atomic E-state index is 0.394. The fourth-order valence-electron chi connectivity index (χ4n) is 2.36. The summed E-state index contributed by atoms with van der Waals surface area (Å²) >= 11 is 3.45. The van der Waals surface area contributed by atoms with Crippen molar-refractivity contribution >= 4 is 27.7 Å². The summed E-state index contributed by atoms with van der Waals surface area (Å²) in [5.41, 5.74) is 1.41. The lowest BCUT2D eigenvalue weighted by Crippen LogP contribution is -2.10. The number of aldehydes is 1. The van der Waals surface area contributed by atoms with Gasteiger partial charge >= 0.3 is 0 Å². The van der Waals surface area contributed by atoms with E-state index in [0.717, 1.165) is 41.6 Å². The molecule has 4 nitrogen and oxygen atoms in total. The molecule has 0 amide bonds. The minimum atomic E-state index is 0.394. The van der Waals surface area contributed by atoms with Crippen molar-refractivity contribution in [2.75, 3.05) is 13.1 Å². The third-order valence-electron chi connectivity index (χ3n) is 3.19. The number of fused-ring (bicyclic) bond motifs is 1. The Hall–Kier alpha value is -1.20. The molecule has 0 radical (unpaired) electrons. The fourth-order valence-corrected chi connectivity index (χ4v) is 2.69. The van der Waals surface area contributed by atoms with E-state index >= 15 is 0 Å². The highest BCUT2D eigenvalue weighted by atomic mass is 79.9. The molecule has 1 atom stereocenters. The summed E-state index contributed by atoms with van der Waals surface area (Å²) in [6, 6.07) is 3.85. The Morgan fingerprint density at radius 3 is 3.12 bits per heavy atom. The number of nitrogens with zero attached hydrogens (tertiary/aromatic N) is 2. The highest BCUT2D eigenvalue weighted by Crippen LogP contribution is 2.25. The molecule has 0 aromatic carbocycles. The first-order valence-corrected chi connectivity index (χ1v) is 6.42. The van der Waals surface area contributed by atoms with Gasteiger partial charge in [-0.15, -0.1) is 0 Å². The van der Waals surface area contributed by atoms with Crippen molar-refractivity contribution < 1.29 is 4.79 Å². The molecule has 1 saturated heterocycles. The highest BCUT2D eigenvalue weighted by molar-refractivity contribution is 9.10. The number of pyridine rings is 1. The summed E-state index contributed by atoms with van der Waals surface area (Å²) in [4.78, 5) is 15.5. The van der Waals surface area contributed by atoms with Gasteiger partial charge < -0.3 is 9.72 Å². The second kappa shape index (κ2) is 4.23. The zero-order valence-electron chi connectivity index (χ0n) is 9.19. The Balaban J connectivity index is 2.22. The molecule has 0 saturated carbocycles. The second-order valence-corrected chi connectivity index (χ2v) is 5.18. The van der Waals surface area contributed by atoms with Crippen molar-refractivity contribution in [2.45, 2.75) is 12.3 Å². The van der Waals surface area contributed by atoms with Gasteiger partial charge in [0.15, 0.2) is 6.29 Å². The van der Waals surface area contributed by atoms with Crippen LogP contribution in [0.5, 0.6) is 0 Å². The van der Waals surface area contributed by atoms with E-state index in [1.165, 1.54) is 0 Å². The number of halogens is 1. The van der Waals surface area contributed by atoms with E-state index in [4.69, 9.17) is 0 Å². The Morgan fingerprint density at radius 1 is 1.53 bits per heavy atom. The average molecular weight is 294 g/mol. The zero-order chi connectivity index (χ0) is 11.8. The summed E-state index contributed by atoms with van der Waals surface area (Å²) in [6.45, 7) is 1.95. The summed E-state index contributed by atoms with van der Waals surface area (Å²) in [6.07, 6.45) is 3.88. The molecule has 2 aromatic heterocycles. The van der Waals surface area contributed by atoms with Crippen LogP contribution >= 0.6 is 15.9 Å². The van der Waals surface area contributed by atoms with E-state index < -0.39 is 0 Å². The molecule has 5 heteroatoms. The van der Waals surface area contributed by atoms with Crippen LogP contribution in [0, 0.1) is 0 Å². The predicted molar refractivity (Wildman–Crippen MR) is 68.5 cm³/mol. The van der Waals surface area contributed by atoms with Gasteiger partial charge in [0.2, 0.25) is 0 Å². The van der Waals surface area contributed by atoms with Crippen LogP contribution in [0.1, 0.15) is 28.7 Å². The number of nitrogens with one attached hydrogen (secondary N) is 1. The van der Waals surface area contributed by atoms with E-state index in [9.17, 15) is 4.79 Å². The minimum Gasteiger partial charge on any atom is -0.316 e. The van der Waals surface area contributed by atoms with Crippen LogP contribution in [0.3, 0.4) is 0 Å². The highest BCUT2D eigenvalue weighted by Gasteiger charge is 2.22. The van der Waals surface area contributed by atoms with Gasteiger partial charge in [0.1, 0.15) is 11.5 Å². The number of hydrogen-bond acceptors (Lipinski definition) is 3. The first kappa shape index (κ1) is 10.9. The first-order valence-electron chi connectivity index (χ1n) is 5.63. The molecule has 1 fully saturated rings. The van der Waals surface area contributed by atoms with Gasteiger partial charge in [-0.1, -0.05) is 0 Å². The van der Waals surface area contributed by atoms with Crippen LogP contribution in [-0.2, 0) is 0 Å². The molecular weight excluding hydrogens is 282 g/mol. The van der Waals surface area contributed by atoms with Crippen LogP contribution in [-0.4, -0.2) is 28.8 Å². The Kier molecular flexibility index (Phi) is 2.72. The SMILES string of the molecule is O=Cc1nc(C2CCNC2)n2cc(Br)ccc12. The molecule has 0 bridgehead atoms. The predicted octanol–water partition coefficient (Wildman–Crippen LogP) is 1.99. The lowest BCUT2D eigenvalue weighted by Gasteiger charge is -2.07. The lowest BCUT2D eigenvalue weighted by atomic mass is 10.1. The van der Waals surface area contributed by atoms with Crippen LogP contribution < -0.4 is 5.32 Å². The van der Waals surface area contributed by atoms with Crippen molar-refractivity contribution in [3.63, 3.8) is 0 Å². The number of imidazole rings is 1. The zero-order valence-corrected chi connectivity index (χ0v) is 10.8. The summed E-state index contributed by atoms with van der Waals surface area (Å²) in [5, 5.41) is 3.32. The van der Waals surface area contributed by atoms with Gasteiger partial charge in [0.05, 0.1) is 5.52 Å². The summed E-state index contributed by atoms with van der Waals surface area (Å²) < 4.78 is 3.01. The molecule has 1 unspecified atom stereocenters. The van der Waals surface area contributed by atoms with Gasteiger partial charge in [0.25, 0.3) is 0 Å². The van der Waals surface area contributed by atoms with E-state index in [2.05, 4.69) is 26.2 Å². The molecule has 0 aliphatic carbocycles. The van der Waals surface area contributed by atoms with Gasteiger partial charge in [0, 0.05) is 23.1 Å². The van der Waals surface area contributed by atoms with Gasteiger partial charge in [-0.05, 0) is 41.0 Å². The third-order valence-corrected chi connectivity index (χ3v) is 3.66. The van der Waals surface area contributed by atoms with Crippen LogP contribution in [0.25, 0.3) is 5.52 Å². The maximum Gasteiger partial charge on any atom is 0.170 e. The topological polar surface area (TPSA) is 46.4 Å². The van der Waals surface area contributed by atoms with Gasteiger partial charge in [-0.25, -0.2) is 4.98 Å². The molecule has 3 heterocycles. The second-order valence-electron chi connectivity index (χ2n) is 4.27.